The lowest BCUT2D eigenvalue weighted by molar-refractivity contribution is 0.333. The summed E-state index contributed by atoms with van der Waals surface area (Å²) in [6.45, 7) is 1.05. The van der Waals surface area contributed by atoms with Crippen LogP contribution in [0.15, 0.2) is 30.5 Å². The fourth-order valence-electron chi connectivity index (χ4n) is 2.23. The molecule has 0 saturated heterocycles. The fourth-order valence-corrected chi connectivity index (χ4v) is 2.45. The van der Waals surface area contributed by atoms with Crippen molar-refractivity contribution in [2.24, 2.45) is 5.92 Å². The summed E-state index contributed by atoms with van der Waals surface area (Å²) in [5.41, 5.74) is 2.07. The van der Waals surface area contributed by atoms with Crippen molar-refractivity contribution in [2.75, 3.05) is 11.9 Å². The average Bonchev–Trinajstić information content (AvgIpc) is 2.30. The van der Waals surface area contributed by atoms with E-state index in [-0.39, 0.29) is 0 Å². The van der Waals surface area contributed by atoms with Crippen LogP contribution in [0.3, 0.4) is 0 Å². The van der Waals surface area contributed by atoms with E-state index in [2.05, 4.69) is 10.3 Å². The number of nitrogens with one attached hydrogen (secondary N) is 1. The third-order valence-corrected chi connectivity index (χ3v) is 3.85. The van der Waals surface area contributed by atoms with Gasteiger partial charge in [-0.25, -0.2) is 0 Å². The molecule has 88 valence electrons. The molecule has 1 aromatic heterocycles. The van der Waals surface area contributed by atoms with Crippen LogP contribution < -0.4 is 5.32 Å². The minimum atomic E-state index is 0.766. The van der Waals surface area contributed by atoms with Crippen LogP contribution in [0.5, 0.6) is 0 Å². The molecule has 17 heavy (non-hydrogen) atoms. The number of nitrogens with zero attached hydrogens (tertiary/aromatic N) is 1. The molecule has 3 heteroatoms. The Balaban J connectivity index is 1.90. The molecular weight excluding hydrogens is 232 g/mol. The van der Waals surface area contributed by atoms with Gasteiger partial charge < -0.3 is 5.32 Å². The number of hydrogen-bond donors (Lipinski definition) is 1. The third kappa shape index (κ3) is 2.09. The van der Waals surface area contributed by atoms with Gasteiger partial charge in [0.1, 0.15) is 0 Å². The summed E-state index contributed by atoms with van der Waals surface area (Å²) in [5.74, 6) is 0.837. The standard InChI is InChI=1S/C14H15ClN2/c15-12-6-7-13(17-9-10-3-1-4-10)14-11(12)5-2-8-16-14/h2,5-8,10,17H,1,3-4,9H2. The zero-order chi connectivity index (χ0) is 11.7. The molecule has 0 unspecified atom stereocenters. The van der Waals surface area contributed by atoms with Gasteiger partial charge in [0.25, 0.3) is 0 Å². The Hall–Kier alpha value is -1.28. The summed E-state index contributed by atoms with van der Waals surface area (Å²) in [5, 5.41) is 5.28. The summed E-state index contributed by atoms with van der Waals surface area (Å²) < 4.78 is 0. The second-order valence-electron chi connectivity index (χ2n) is 4.67. The minimum absolute atomic E-state index is 0.766. The minimum Gasteiger partial charge on any atom is -0.383 e. The highest BCUT2D eigenvalue weighted by molar-refractivity contribution is 6.35. The van der Waals surface area contributed by atoms with Gasteiger partial charge in [-0.15, -0.1) is 0 Å². The van der Waals surface area contributed by atoms with Crippen molar-refractivity contribution >= 4 is 28.2 Å². The summed E-state index contributed by atoms with van der Waals surface area (Å²) in [6.07, 6.45) is 5.90. The van der Waals surface area contributed by atoms with Crippen LogP contribution in [0, 0.1) is 5.92 Å². The van der Waals surface area contributed by atoms with Crippen LogP contribution in [0.1, 0.15) is 19.3 Å². The molecule has 1 aromatic carbocycles. The van der Waals surface area contributed by atoms with Gasteiger partial charge in [-0.05, 0) is 43.0 Å². The Bertz CT molecular complexity index is 535. The molecular formula is C14H15ClN2. The number of benzene rings is 1. The molecule has 1 aliphatic rings. The zero-order valence-corrected chi connectivity index (χ0v) is 10.4. The molecule has 0 amide bonds. The molecule has 3 rings (SSSR count). The van der Waals surface area contributed by atoms with E-state index >= 15 is 0 Å². The van der Waals surface area contributed by atoms with E-state index in [1.165, 1.54) is 19.3 Å². The first-order chi connectivity index (χ1) is 8.34. The van der Waals surface area contributed by atoms with Crippen molar-refractivity contribution in [3.8, 4) is 0 Å². The van der Waals surface area contributed by atoms with E-state index in [4.69, 9.17) is 11.6 Å². The maximum Gasteiger partial charge on any atom is 0.0948 e. The fraction of sp³-hybridized carbons (Fsp3) is 0.357. The molecule has 2 nitrogen and oxygen atoms in total. The number of aromatic nitrogens is 1. The Morgan fingerprint density at radius 3 is 2.94 bits per heavy atom. The molecule has 2 aromatic rings. The molecule has 0 spiro atoms. The van der Waals surface area contributed by atoms with Crippen LogP contribution >= 0.6 is 11.6 Å². The molecule has 1 heterocycles. The molecule has 0 radical (unpaired) electrons. The van der Waals surface area contributed by atoms with Crippen molar-refractivity contribution < 1.29 is 0 Å². The summed E-state index contributed by atoms with van der Waals surface area (Å²) in [7, 11) is 0. The van der Waals surface area contributed by atoms with Crippen molar-refractivity contribution in [1.82, 2.24) is 4.98 Å². The lowest BCUT2D eigenvalue weighted by atomic mass is 9.85. The lowest BCUT2D eigenvalue weighted by Crippen LogP contribution is -2.21. The van der Waals surface area contributed by atoms with Gasteiger partial charge in [-0.3, -0.25) is 4.98 Å². The number of anilines is 1. The summed E-state index contributed by atoms with van der Waals surface area (Å²) in [4.78, 5) is 4.42. The highest BCUT2D eigenvalue weighted by Gasteiger charge is 2.17. The monoisotopic (exact) mass is 246 g/mol. The lowest BCUT2D eigenvalue weighted by Gasteiger charge is -2.26. The number of halogens is 1. The van der Waals surface area contributed by atoms with Crippen LogP contribution in [0.2, 0.25) is 5.02 Å². The molecule has 1 aliphatic carbocycles. The van der Waals surface area contributed by atoms with E-state index in [1.54, 1.807) is 0 Å². The quantitative estimate of drug-likeness (QED) is 0.882. The van der Waals surface area contributed by atoms with Gasteiger partial charge in [-0.1, -0.05) is 18.0 Å². The topological polar surface area (TPSA) is 24.9 Å². The SMILES string of the molecule is Clc1ccc(NCC2CCC2)c2ncccc12. The van der Waals surface area contributed by atoms with E-state index in [1.807, 2.05) is 30.5 Å². The molecule has 0 bridgehead atoms. The van der Waals surface area contributed by atoms with Crippen molar-refractivity contribution in [2.45, 2.75) is 19.3 Å². The first-order valence-electron chi connectivity index (χ1n) is 6.12. The van der Waals surface area contributed by atoms with Gasteiger partial charge in [0.05, 0.1) is 16.2 Å². The molecule has 1 fully saturated rings. The highest BCUT2D eigenvalue weighted by Crippen LogP contribution is 2.30. The Kier molecular flexibility index (Phi) is 2.89. The molecule has 0 atom stereocenters. The second kappa shape index (κ2) is 4.53. The molecule has 1 saturated carbocycles. The van der Waals surface area contributed by atoms with E-state index in [9.17, 15) is 0 Å². The van der Waals surface area contributed by atoms with Crippen LogP contribution in [-0.4, -0.2) is 11.5 Å². The van der Waals surface area contributed by atoms with E-state index < -0.39 is 0 Å². The maximum atomic E-state index is 6.16. The van der Waals surface area contributed by atoms with Crippen LogP contribution in [0.25, 0.3) is 10.9 Å². The second-order valence-corrected chi connectivity index (χ2v) is 5.08. The summed E-state index contributed by atoms with van der Waals surface area (Å²) >= 11 is 6.16. The predicted octanol–water partition coefficient (Wildman–Crippen LogP) is 4.10. The van der Waals surface area contributed by atoms with Gasteiger partial charge in [0.15, 0.2) is 0 Å². The number of hydrogen-bond acceptors (Lipinski definition) is 2. The van der Waals surface area contributed by atoms with Crippen LogP contribution in [0.4, 0.5) is 5.69 Å². The molecule has 1 N–H and O–H groups in total. The Labute approximate surface area is 106 Å². The smallest absolute Gasteiger partial charge is 0.0948 e. The normalized spacial score (nSPS) is 15.8. The number of fused-ring (bicyclic) bond motifs is 1. The highest BCUT2D eigenvalue weighted by atomic mass is 35.5. The van der Waals surface area contributed by atoms with Crippen molar-refractivity contribution in [1.29, 1.82) is 0 Å². The largest absolute Gasteiger partial charge is 0.383 e. The van der Waals surface area contributed by atoms with E-state index in [0.29, 0.717) is 0 Å². The van der Waals surface area contributed by atoms with E-state index in [0.717, 1.165) is 34.1 Å². The Morgan fingerprint density at radius 1 is 1.29 bits per heavy atom. The first-order valence-corrected chi connectivity index (χ1v) is 6.49. The zero-order valence-electron chi connectivity index (χ0n) is 9.62. The number of pyridine rings is 1. The van der Waals surface area contributed by atoms with Gasteiger partial charge in [0.2, 0.25) is 0 Å². The van der Waals surface area contributed by atoms with Crippen LogP contribution in [-0.2, 0) is 0 Å². The van der Waals surface area contributed by atoms with Gasteiger partial charge in [0, 0.05) is 18.1 Å². The van der Waals surface area contributed by atoms with Crippen molar-refractivity contribution in [3.05, 3.63) is 35.5 Å². The maximum absolute atomic E-state index is 6.16. The van der Waals surface area contributed by atoms with Crippen molar-refractivity contribution in [3.63, 3.8) is 0 Å². The van der Waals surface area contributed by atoms with Gasteiger partial charge >= 0.3 is 0 Å². The third-order valence-electron chi connectivity index (χ3n) is 3.52. The molecule has 0 aliphatic heterocycles. The summed E-state index contributed by atoms with van der Waals surface area (Å²) in [6, 6.07) is 7.90. The predicted molar refractivity (Wildman–Crippen MR) is 72.6 cm³/mol. The first kappa shape index (κ1) is 10.8. The Morgan fingerprint density at radius 2 is 2.18 bits per heavy atom. The average molecular weight is 247 g/mol. The number of rotatable bonds is 3. The van der Waals surface area contributed by atoms with Gasteiger partial charge in [-0.2, -0.15) is 0 Å².